The van der Waals surface area contributed by atoms with E-state index in [0.29, 0.717) is 0 Å². The number of hydrogen-bond donors (Lipinski definition) is 2. The van der Waals surface area contributed by atoms with Gasteiger partial charge in [-0.2, -0.15) is 5.26 Å². The summed E-state index contributed by atoms with van der Waals surface area (Å²) < 4.78 is 0. The normalized spacial score (nSPS) is 9.07. The molecular weight excluding hydrogens is 222 g/mol. The number of nitrogens with one attached hydrogen (secondary N) is 1. The zero-order chi connectivity index (χ0) is 11.4. The summed E-state index contributed by atoms with van der Waals surface area (Å²) in [5, 5.41) is 18.9. The lowest BCUT2D eigenvalue weighted by molar-refractivity contribution is -0.147. The number of hydrogen-bond acceptors (Lipinski definition) is 4. The second-order valence-electron chi connectivity index (χ2n) is 2.43. The van der Waals surface area contributed by atoms with Crippen LogP contribution in [0.1, 0.15) is 5.56 Å². The van der Waals surface area contributed by atoms with Gasteiger partial charge in [0.05, 0.1) is 17.4 Å². The molecule has 76 valence electrons. The van der Waals surface area contributed by atoms with Crippen molar-refractivity contribution >= 4 is 29.2 Å². The number of carboxylic acid groups (broad SMARTS) is 1. The fourth-order valence-corrected chi connectivity index (χ4v) is 0.925. The minimum absolute atomic E-state index is 0.00850. The van der Waals surface area contributed by atoms with Crippen molar-refractivity contribution in [2.75, 3.05) is 5.32 Å². The second-order valence-corrected chi connectivity index (χ2v) is 2.79. The number of carbonyl (C=O) groups is 2. The topological polar surface area (TPSA) is 103 Å². The van der Waals surface area contributed by atoms with Gasteiger partial charge in [0.15, 0.2) is 0 Å². The molecule has 0 aliphatic rings. The van der Waals surface area contributed by atoms with E-state index < -0.39 is 11.9 Å². The smallest absolute Gasteiger partial charge is 0.394 e. The number of anilines is 1. The lowest BCUT2D eigenvalue weighted by Crippen LogP contribution is -2.21. The van der Waals surface area contributed by atoms with Crippen LogP contribution in [-0.2, 0) is 9.59 Å². The van der Waals surface area contributed by atoms with Gasteiger partial charge in [0.25, 0.3) is 0 Å². The fourth-order valence-electron chi connectivity index (χ4n) is 0.779. The average Bonchev–Trinajstić information content (AvgIpc) is 2.20. The van der Waals surface area contributed by atoms with Crippen molar-refractivity contribution < 1.29 is 14.7 Å². The Kier molecular flexibility index (Phi) is 3.21. The molecule has 0 unspecified atom stereocenters. The first-order valence-corrected chi connectivity index (χ1v) is 4.02. The minimum Gasteiger partial charge on any atom is -0.474 e. The summed E-state index contributed by atoms with van der Waals surface area (Å²) >= 11 is 5.53. The number of carbonyl (C=O) groups excluding carboxylic acids is 1. The largest absolute Gasteiger partial charge is 0.474 e. The number of nitriles is 1. The molecule has 1 aromatic heterocycles. The maximum Gasteiger partial charge on any atom is 0.394 e. The minimum atomic E-state index is -1.62. The Morgan fingerprint density at radius 1 is 1.60 bits per heavy atom. The molecule has 0 bridgehead atoms. The van der Waals surface area contributed by atoms with E-state index in [4.69, 9.17) is 22.0 Å². The molecule has 1 heterocycles. The Morgan fingerprint density at radius 3 is 2.80 bits per heavy atom. The van der Waals surface area contributed by atoms with Crippen LogP contribution in [-0.4, -0.2) is 22.0 Å². The number of aromatic nitrogens is 1. The highest BCUT2D eigenvalue weighted by Crippen LogP contribution is 2.16. The molecule has 6 nitrogen and oxygen atoms in total. The third kappa shape index (κ3) is 2.65. The van der Waals surface area contributed by atoms with E-state index >= 15 is 0 Å². The Hall–Kier alpha value is -2.13. The number of carboxylic acids is 1. The molecule has 0 atom stereocenters. The molecule has 1 amide bonds. The van der Waals surface area contributed by atoms with Gasteiger partial charge in [-0.15, -0.1) is 0 Å². The molecule has 0 aliphatic heterocycles. The van der Waals surface area contributed by atoms with Gasteiger partial charge in [-0.05, 0) is 6.07 Å². The van der Waals surface area contributed by atoms with Gasteiger partial charge in [0.2, 0.25) is 0 Å². The molecule has 0 saturated carbocycles. The predicted molar refractivity (Wildman–Crippen MR) is 50.2 cm³/mol. The molecule has 0 fully saturated rings. The summed E-state index contributed by atoms with van der Waals surface area (Å²) in [6.45, 7) is 0. The van der Waals surface area contributed by atoms with Crippen LogP contribution in [0.2, 0.25) is 5.15 Å². The zero-order valence-corrected chi connectivity index (χ0v) is 7.95. The molecule has 0 radical (unpaired) electrons. The van der Waals surface area contributed by atoms with Gasteiger partial charge in [-0.1, -0.05) is 11.6 Å². The van der Waals surface area contributed by atoms with Crippen LogP contribution in [0.5, 0.6) is 0 Å². The van der Waals surface area contributed by atoms with E-state index in [0.717, 1.165) is 6.20 Å². The number of rotatable bonds is 1. The number of amides is 1. The van der Waals surface area contributed by atoms with E-state index in [1.165, 1.54) is 6.07 Å². The maximum atomic E-state index is 10.7. The molecular formula is C8H4ClN3O3. The molecule has 15 heavy (non-hydrogen) atoms. The highest BCUT2D eigenvalue weighted by Gasteiger charge is 2.12. The summed E-state index contributed by atoms with van der Waals surface area (Å²) in [6.07, 6.45) is 1.16. The number of pyridine rings is 1. The fraction of sp³-hybridized carbons (Fsp3) is 0. The van der Waals surface area contributed by atoms with Crippen molar-refractivity contribution in [3.8, 4) is 6.07 Å². The monoisotopic (exact) mass is 225 g/mol. The van der Waals surface area contributed by atoms with Crippen LogP contribution in [0.3, 0.4) is 0 Å². The van der Waals surface area contributed by atoms with Crippen molar-refractivity contribution in [3.05, 3.63) is 23.0 Å². The van der Waals surface area contributed by atoms with Crippen molar-refractivity contribution in [2.24, 2.45) is 0 Å². The molecule has 0 saturated heterocycles. The number of halogens is 1. The number of nitrogens with zero attached hydrogens (tertiary/aromatic N) is 2. The predicted octanol–water partition coefficient (Wildman–Crippen LogP) is 0.630. The van der Waals surface area contributed by atoms with Gasteiger partial charge in [-0.3, -0.25) is 4.79 Å². The maximum absolute atomic E-state index is 10.7. The first-order valence-electron chi connectivity index (χ1n) is 3.64. The first kappa shape index (κ1) is 10.9. The Balaban J connectivity index is 2.94. The van der Waals surface area contributed by atoms with Crippen molar-refractivity contribution in [2.45, 2.75) is 0 Å². The van der Waals surface area contributed by atoms with E-state index in [-0.39, 0.29) is 16.4 Å². The second kappa shape index (κ2) is 4.39. The van der Waals surface area contributed by atoms with E-state index in [2.05, 4.69) is 4.98 Å². The molecule has 7 heteroatoms. The van der Waals surface area contributed by atoms with Crippen molar-refractivity contribution in [1.29, 1.82) is 5.26 Å². The van der Waals surface area contributed by atoms with E-state index in [9.17, 15) is 9.59 Å². The summed E-state index contributed by atoms with van der Waals surface area (Å²) in [5.41, 5.74) is 0.156. The van der Waals surface area contributed by atoms with Gasteiger partial charge in [0.1, 0.15) is 11.2 Å². The quantitative estimate of drug-likeness (QED) is 0.539. The van der Waals surface area contributed by atoms with Crippen LogP contribution in [0.15, 0.2) is 12.3 Å². The first-order chi connectivity index (χ1) is 7.04. The molecule has 0 aromatic carbocycles. The lowest BCUT2D eigenvalue weighted by Gasteiger charge is -2.01. The summed E-state index contributed by atoms with van der Waals surface area (Å²) in [7, 11) is 0. The van der Waals surface area contributed by atoms with Crippen molar-refractivity contribution in [1.82, 2.24) is 4.98 Å². The third-order valence-electron chi connectivity index (χ3n) is 1.41. The van der Waals surface area contributed by atoms with Crippen LogP contribution in [0, 0.1) is 11.3 Å². The number of aliphatic carboxylic acids is 1. The van der Waals surface area contributed by atoms with Gasteiger partial charge < -0.3 is 10.4 Å². The standard InChI is InChI=1S/C8H4ClN3O3/c9-6-4(2-10)1-5(3-11-6)12-7(13)8(14)15/h1,3H,(H,12,13)(H,14,15). The Labute approximate surface area is 89.1 Å². The molecule has 0 spiro atoms. The van der Waals surface area contributed by atoms with Gasteiger partial charge in [-0.25, -0.2) is 9.78 Å². The summed E-state index contributed by atoms with van der Waals surface area (Å²) in [6, 6.07) is 2.98. The molecule has 1 aromatic rings. The van der Waals surface area contributed by atoms with Gasteiger partial charge in [0, 0.05) is 0 Å². The van der Waals surface area contributed by atoms with E-state index in [1.54, 1.807) is 6.07 Å². The van der Waals surface area contributed by atoms with Gasteiger partial charge >= 0.3 is 11.9 Å². The molecule has 1 rings (SSSR count). The van der Waals surface area contributed by atoms with E-state index in [1.807, 2.05) is 5.32 Å². The summed E-state index contributed by atoms with van der Waals surface area (Å²) in [4.78, 5) is 24.5. The SMILES string of the molecule is N#Cc1cc(NC(=O)C(=O)O)cnc1Cl. The van der Waals surface area contributed by atoms with Crippen LogP contribution >= 0.6 is 11.6 Å². The average molecular weight is 226 g/mol. The molecule has 0 aliphatic carbocycles. The summed E-state index contributed by atoms with van der Waals surface area (Å²) in [5.74, 6) is -2.83. The Morgan fingerprint density at radius 2 is 2.27 bits per heavy atom. The van der Waals surface area contributed by atoms with Crippen LogP contribution in [0.25, 0.3) is 0 Å². The highest BCUT2D eigenvalue weighted by molar-refractivity contribution is 6.36. The third-order valence-corrected chi connectivity index (χ3v) is 1.71. The van der Waals surface area contributed by atoms with Crippen LogP contribution < -0.4 is 5.32 Å². The van der Waals surface area contributed by atoms with Crippen molar-refractivity contribution in [3.63, 3.8) is 0 Å². The molecule has 2 N–H and O–H groups in total. The van der Waals surface area contributed by atoms with Crippen LogP contribution in [0.4, 0.5) is 5.69 Å². The highest BCUT2D eigenvalue weighted by atomic mass is 35.5. The Bertz CT molecular complexity index is 467. The lowest BCUT2D eigenvalue weighted by atomic mass is 10.3. The zero-order valence-electron chi connectivity index (χ0n) is 7.19.